The molecule has 1 aliphatic heterocycles. The van der Waals surface area contributed by atoms with Crippen LogP contribution in [0.4, 0.5) is 13.2 Å². The van der Waals surface area contributed by atoms with Crippen LogP contribution in [-0.4, -0.2) is 55.8 Å². The minimum Gasteiger partial charge on any atom is -0.494 e. The Morgan fingerprint density at radius 3 is 2.57 bits per heavy atom. The molecular weight excluding hydrogens is 285 g/mol. The lowest BCUT2D eigenvalue weighted by atomic mass is 9.98. The van der Waals surface area contributed by atoms with Crippen LogP contribution in [0.25, 0.3) is 0 Å². The van der Waals surface area contributed by atoms with E-state index >= 15 is 0 Å². The van der Waals surface area contributed by atoms with Gasteiger partial charge in [0.2, 0.25) is 0 Å². The Labute approximate surface area is 121 Å². The maximum Gasteiger partial charge on any atom is 0.289 e. The van der Waals surface area contributed by atoms with Gasteiger partial charge in [-0.2, -0.15) is 0 Å². The molecule has 0 aromatic heterocycles. The van der Waals surface area contributed by atoms with Crippen molar-refractivity contribution in [3.63, 3.8) is 0 Å². The fourth-order valence-electron chi connectivity index (χ4n) is 2.60. The maximum absolute atomic E-state index is 14.1. The SMILES string of the molecule is COc1ccc([C@H](N2CCNCC2)C(F)(F)CO)cc1F. The molecular formula is C14H19F3N2O2. The highest BCUT2D eigenvalue weighted by atomic mass is 19.3. The van der Waals surface area contributed by atoms with Gasteiger partial charge in [-0.05, 0) is 17.7 Å². The molecule has 1 aliphatic rings. The smallest absolute Gasteiger partial charge is 0.289 e. The van der Waals surface area contributed by atoms with Crippen LogP contribution < -0.4 is 10.1 Å². The summed E-state index contributed by atoms with van der Waals surface area (Å²) in [7, 11) is 1.31. The van der Waals surface area contributed by atoms with Crippen LogP contribution in [0, 0.1) is 5.82 Å². The molecule has 1 aromatic carbocycles. The summed E-state index contributed by atoms with van der Waals surface area (Å²) in [5.41, 5.74) is 0.134. The van der Waals surface area contributed by atoms with Crippen molar-refractivity contribution in [2.24, 2.45) is 0 Å². The molecule has 0 spiro atoms. The van der Waals surface area contributed by atoms with E-state index in [1.165, 1.54) is 19.2 Å². The lowest BCUT2D eigenvalue weighted by molar-refractivity contribution is -0.118. The number of rotatable bonds is 5. The van der Waals surface area contributed by atoms with Crippen molar-refractivity contribution < 1.29 is 23.0 Å². The summed E-state index contributed by atoms with van der Waals surface area (Å²) in [4.78, 5) is 1.56. The van der Waals surface area contributed by atoms with Crippen molar-refractivity contribution in [2.45, 2.75) is 12.0 Å². The number of piperazine rings is 1. The van der Waals surface area contributed by atoms with Crippen molar-refractivity contribution in [2.75, 3.05) is 39.9 Å². The van der Waals surface area contributed by atoms with E-state index in [9.17, 15) is 13.2 Å². The van der Waals surface area contributed by atoms with Gasteiger partial charge < -0.3 is 15.2 Å². The number of ether oxygens (including phenoxy) is 1. The van der Waals surface area contributed by atoms with E-state index in [0.29, 0.717) is 26.2 Å². The molecule has 1 aromatic rings. The number of hydrogen-bond donors (Lipinski definition) is 2. The number of halogens is 3. The van der Waals surface area contributed by atoms with E-state index in [2.05, 4.69) is 5.32 Å². The van der Waals surface area contributed by atoms with Crippen molar-refractivity contribution in [1.82, 2.24) is 10.2 Å². The molecule has 2 rings (SSSR count). The molecule has 1 atom stereocenters. The average molecular weight is 304 g/mol. The molecule has 4 nitrogen and oxygen atoms in total. The van der Waals surface area contributed by atoms with Crippen LogP contribution >= 0.6 is 0 Å². The Morgan fingerprint density at radius 2 is 2.05 bits per heavy atom. The minimum atomic E-state index is -3.35. The molecule has 118 valence electrons. The van der Waals surface area contributed by atoms with Crippen LogP contribution in [-0.2, 0) is 0 Å². The topological polar surface area (TPSA) is 44.7 Å². The summed E-state index contributed by atoms with van der Waals surface area (Å²) >= 11 is 0. The first-order valence-corrected chi connectivity index (χ1v) is 6.76. The molecule has 0 radical (unpaired) electrons. The van der Waals surface area contributed by atoms with Gasteiger partial charge in [-0.3, -0.25) is 4.90 Å². The monoisotopic (exact) mass is 304 g/mol. The first-order valence-electron chi connectivity index (χ1n) is 6.76. The second kappa shape index (κ2) is 6.64. The molecule has 0 unspecified atom stereocenters. The van der Waals surface area contributed by atoms with E-state index in [0.717, 1.165) is 6.07 Å². The highest BCUT2D eigenvalue weighted by Gasteiger charge is 2.44. The van der Waals surface area contributed by atoms with Gasteiger partial charge >= 0.3 is 0 Å². The normalized spacial score (nSPS) is 18.5. The highest BCUT2D eigenvalue weighted by molar-refractivity contribution is 5.32. The van der Waals surface area contributed by atoms with Crippen LogP contribution in [0.5, 0.6) is 5.75 Å². The van der Waals surface area contributed by atoms with E-state index in [-0.39, 0.29) is 11.3 Å². The van der Waals surface area contributed by atoms with Gasteiger partial charge in [0.05, 0.1) is 7.11 Å². The van der Waals surface area contributed by atoms with E-state index < -0.39 is 24.4 Å². The molecule has 21 heavy (non-hydrogen) atoms. The van der Waals surface area contributed by atoms with E-state index in [1.807, 2.05) is 0 Å². The Hall–Kier alpha value is -1.31. The summed E-state index contributed by atoms with van der Waals surface area (Å²) in [5.74, 6) is -4.03. The Kier molecular flexibility index (Phi) is 5.08. The molecule has 1 fully saturated rings. The summed E-state index contributed by atoms with van der Waals surface area (Å²) in [5, 5.41) is 12.1. The lowest BCUT2D eigenvalue weighted by Crippen LogP contribution is -2.51. The minimum absolute atomic E-state index is 0.00475. The molecule has 1 saturated heterocycles. The van der Waals surface area contributed by atoms with Gasteiger partial charge in [0.15, 0.2) is 11.6 Å². The molecule has 0 bridgehead atoms. The summed E-state index contributed by atoms with van der Waals surface area (Å²) in [6.45, 7) is 0.699. The summed E-state index contributed by atoms with van der Waals surface area (Å²) in [6, 6.07) is 2.44. The zero-order chi connectivity index (χ0) is 15.5. The first-order chi connectivity index (χ1) is 9.99. The fourth-order valence-corrected chi connectivity index (χ4v) is 2.60. The van der Waals surface area contributed by atoms with Crippen LogP contribution in [0.2, 0.25) is 0 Å². The largest absolute Gasteiger partial charge is 0.494 e. The number of methoxy groups -OCH3 is 1. The lowest BCUT2D eigenvalue weighted by Gasteiger charge is -2.38. The zero-order valence-corrected chi connectivity index (χ0v) is 11.8. The Morgan fingerprint density at radius 1 is 1.38 bits per heavy atom. The number of nitrogens with zero attached hydrogens (tertiary/aromatic N) is 1. The van der Waals surface area contributed by atoms with Crippen LogP contribution in [0.1, 0.15) is 11.6 Å². The number of nitrogens with one attached hydrogen (secondary N) is 1. The predicted molar refractivity (Wildman–Crippen MR) is 72.2 cm³/mol. The number of benzene rings is 1. The van der Waals surface area contributed by atoms with E-state index in [4.69, 9.17) is 9.84 Å². The second-order valence-corrected chi connectivity index (χ2v) is 5.00. The van der Waals surface area contributed by atoms with Crippen molar-refractivity contribution in [1.29, 1.82) is 0 Å². The number of aliphatic hydroxyl groups is 1. The molecule has 0 amide bonds. The standard InChI is InChI=1S/C14H19F3N2O2/c1-21-12-3-2-10(8-11(12)15)13(14(16,17)9-20)19-6-4-18-5-7-19/h2-3,8,13,18,20H,4-7,9H2,1H3/t13-/m0/s1. The van der Waals surface area contributed by atoms with Crippen molar-refractivity contribution in [3.05, 3.63) is 29.6 Å². The van der Waals surface area contributed by atoms with Gasteiger partial charge in [-0.1, -0.05) is 6.07 Å². The Bertz CT molecular complexity index is 479. The van der Waals surface area contributed by atoms with Gasteiger partial charge in [-0.25, -0.2) is 13.2 Å². The maximum atomic E-state index is 14.1. The summed E-state index contributed by atoms with van der Waals surface area (Å²) in [6.07, 6.45) is 0. The molecule has 2 N–H and O–H groups in total. The van der Waals surface area contributed by atoms with Crippen LogP contribution in [0.15, 0.2) is 18.2 Å². The molecule has 1 heterocycles. The quantitative estimate of drug-likeness (QED) is 0.863. The molecule has 7 heteroatoms. The average Bonchev–Trinajstić information content (AvgIpc) is 2.48. The Balaban J connectivity index is 2.36. The highest BCUT2D eigenvalue weighted by Crippen LogP contribution is 2.37. The summed E-state index contributed by atoms with van der Waals surface area (Å²) < 4.78 is 46.9. The van der Waals surface area contributed by atoms with Crippen molar-refractivity contribution >= 4 is 0 Å². The molecule has 0 saturated carbocycles. The number of alkyl halides is 2. The first kappa shape index (κ1) is 16.1. The predicted octanol–water partition coefficient (Wildman–Crippen LogP) is 1.41. The van der Waals surface area contributed by atoms with Gasteiger partial charge in [0, 0.05) is 26.2 Å². The van der Waals surface area contributed by atoms with Crippen molar-refractivity contribution in [3.8, 4) is 5.75 Å². The third kappa shape index (κ3) is 3.48. The fraction of sp³-hybridized carbons (Fsp3) is 0.571. The van der Waals surface area contributed by atoms with Crippen LogP contribution in [0.3, 0.4) is 0 Å². The number of aliphatic hydroxyl groups excluding tert-OH is 1. The second-order valence-electron chi connectivity index (χ2n) is 5.00. The molecule has 0 aliphatic carbocycles. The van der Waals surface area contributed by atoms with Gasteiger partial charge in [-0.15, -0.1) is 0 Å². The number of hydrogen-bond acceptors (Lipinski definition) is 4. The third-order valence-corrected chi connectivity index (χ3v) is 3.62. The third-order valence-electron chi connectivity index (χ3n) is 3.62. The van der Waals surface area contributed by atoms with Gasteiger partial charge in [0.1, 0.15) is 12.6 Å². The van der Waals surface area contributed by atoms with E-state index in [1.54, 1.807) is 4.90 Å². The zero-order valence-electron chi connectivity index (χ0n) is 11.8. The van der Waals surface area contributed by atoms with Gasteiger partial charge in [0.25, 0.3) is 5.92 Å².